The van der Waals surface area contributed by atoms with Crippen molar-refractivity contribution >= 4 is 52.1 Å². The molecule has 1 aliphatic heterocycles. The quantitative estimate of drug-likeness (QED) is 0.444. The summed E-state index contributed by atoms with van der Waals surface area (Å²) in [5.74, 6) is -1.11. The van der Waals surface area contributed by atoms with Crippen LogP contribution in [-0.4, -0.2) is 38.5 Å². The number of nitrogens with zero attached hydrogens (tertiary/aromatic N) is 2. The molecule has 28 heavy (non-hydrogen) atoms. The third kappa shape index (κ3) is 5.02. The molecule has 0 aliphatic carbocycles. The van der Waals surface area contributed by atoms with E-state index in [4.69, 9.17) is 12.2 Å². The Morgan fingerprint density at radius 1 is 1.11 bits per heavy atom. The minimum Gasteiger partial charge on any atom is -0.292 e. The largest absolute Gasteiger partial charge is 0.292 e. The maximum Gasteiger partial charge on any atom is 0.269 e. The van der Waals surface area contributed by atoms with Crippen molar-refractivity contribution in [2.75, 3.05) is 6.54 Å². The number of nitrogens with one attached hydrogen (secondary N) is 2. The fourth-order valence-corrected chi connectivity index (χ4v) is 3.68. The molecule has 0 saturated carbocycles. The number of benzene rings is 1. The van der Waals surface area contributed by atoms with Gasteiger partial charge in [-0.3, -0.25) is 35.1 Å². The van der Waals surface area contributed by atoms with E-state index in [1.807, 2.05) is 30.3 Å². The minimum absolute atomic E-state index is 0.00167. The Labute approximate surface area is 171 Å². The van der Waals surface area contributed by atoms with Gasteiger partial charge in [-0.05, 0) is 23.8 Å². The molecule has 1 aromatic carbocycles. The number of pyridine rings is 1. The molecule has 0 bridgehead atoms. The fourth-order valence-electron chi connectivity index (χ4n) is 2.37. The molecule has 142 valence electrons. The standard InChI is InChI=1S/C19H16N4O3S2/c24-16(21-22-17(25)14-6-9-20-10-7-14)8-11-23-18(26)15(28-19(23)27)12-13-4-2-1-3-5-13/h1-7,9-10,12H,8,11H2,(H,21,24)(H,22,25). The second-order valence-corrected chi connectivity index (χ2v) is 7.41. The lowest BCUT2D eigenvalue weighted by atomic mass is 10.2. The summed E-state index contributed by atoms with van der Waals surface area (Å²) in [7, 11) is 0. The number of hydrogen-bond donors (Lipinski definition) is 2. The van der Waals surface area contributed by atoms with Gasteiger partial charge in [0.05, 0.1) is 4.91 Å². The summed E-state index contributed by atoms with van der Waals surface area (Å²) >= 11 is 6.46. The van der Waals surface area contributed by atoms with E-state index in [1.165, 1.54) is 41.2 Å². The Morgan fingerprint density at radius 3 is 2.54 bits per heavy atom. The van der Waals surface area contributed by atoms with Crippen LogP contribution in [0.5, 0.6) is 0 Å². The van der Waals surface area contributed by atoms with Crippen molar-refractivity contribution in [2.24, 2.45) is 0 Å². The van der Waals surface area contributed by atoms with Gasteiger partial charge in [0.15, 0.2) is 0 Å². The zero-order valence-corrected chi connectivity index (χ0v) is 16.3. The van der Waals surface area contributed by atoms with Gasteiger partial charge in [-0.25, -0.2) is 0 Å². The molecule has 2 heterocycles. The number of carbonyl (C=O) groups excluding carboxylic acids is 3. The molecule has 0 spiro atoms. The Hall–Kier alpha value is -3.04. The van der Waals surface area contributed by atoms with Crippen LogP contribution in [0.15, 0.2) is 59.8 Å². The molecule has 3 rings (SSSR count). The number of hydrazine groups is 1. The topological polar surface area (TPSA) is 91.4 Å². The monoisotopic (exact) mass is 412 g/mol. The lowest BCUT2D eigenvalue weighted by molar-refractivity contribution is -0.124. The second-order valence-electron chi connectivity index (χ2n) is 5.73. The van der Waals surface area contributed by atoms with E-state index in [-0.39, 0.29) is 18.9 Å². The van der Waals surface area contributed by atoms with Gasteiger partial charge in [-0.15, -0.1) is 0 Å². The average Bonchev–Trinajstić information content (AvgIpc) is 2.98. The number of thioether (sulfide) groups is 1. The summed E-state index contributed by atoms with van der Waals surface area (Å²) in [6, 6.07) is 12.5. The van der Waals surface area contributed by atoms with Crippen LogP contribution in [0.1, 0.15) is 22.3 Å². The van der Waals surface area contributed by atoms with E-state index < -0.39 is 11.8 Å². The molecular weight excluding hydrogens is 396 g/mol. The summed E-state index contributed by atoms with van der Waals surface area (Å²) in [6.45, 7) is 0.133. The normalized spacial score (nSPS) is 15.0. The van der Waals surface area contributed by atoms with Gasteiger partial charge in [0.2, 0.25) is 5.91 Å². The van der Waals surface area contributed by atoms with Gasteiger partial charge < -0.3 is 0 Å². The molecule has 0 radical (unpaired) electrons. The first-order valence-corrected chi connectivity index (χ1v) is 9.56. The van der Waals surface area contributed by atoms with Crippen LogP contribution in [0.2, 0.25) is 0 Å². The molecule has 1 saturated heterocycles. The zero-order chi connectivity index (χ0) is 19.9. The van der Waals surface area contributed by atoms with E-state index in [0.29, 0.717) is 14.8 Å². The van der Waals surface area contributed by atoms with Crippen LogP contribution in [0, 0.1) is 0 Å². The van der Waals surface area contributed by atoms with Gasteiger partial charge in [0.1, 0.15) is 4.32 Å². The number of hydrogen-bond acceptors (Lipinski definition) is 6. The van der Waals surface area contributed by atoms with Gasteiger partial charge >= 0.3 is 0 Å². The molecule has 1 aromatic heterocycles. The van der Waals surface area contributed by atoms with Crippen LogP contribution in [0.25, 0.3) is 6.08 Å². The average molecular weight is 412 g/mol. The van der Waals surface area contributed by atoms with Gasteiger partial charge in [0, 0.05) is 30.9 Å². The summed E-state index contributed by atoms with van der Waals surface area (Å²) in [4.78, 5) is 42.1. The number of rotatable bonds is 5. The number of thiocarbonyl (C=S) groups is 1. The molecule has 3 amide bonds. The number of amides is 3. The van der Waals surface area contributed by atoms with Crippen LogP contribution in [0.3, 0.4) is 0 Å². The molecule has 1 fully saturated rings. The Bertz CT molecular complexity index is 933. The third-order valence-electron chi connectivity index (χ3n) is 3.79. The van der Waals surface area contributed by atoms with Crippen molar-refractivity contribution in [2.45, 2.75) is 6.42 Å². The second kappa shape index (κ2) is 9.25. The minimum atomic E-state index is -0.452. The van der Waals surface area contributed by atoms with Crippen LogP contribution < -0.4 is 10.9 Å². The highest BCUT2D eigenvalue weighted by molar-refractivity contribution is 8.26. The highest BCUT2D eigenvalue weighted by atomic mass is 32.2. The first-order valence-electron chi connectivity index (χ1n) is 8.34. The smallest absolute Gasteiger partial charge is 0.269 e. The molecule has 9 heteroatoms. The SMILES string of the molecule is O=C(CCN1C(=O)C(=Cc2ccccc2)SC1=S)NNC(=O)c1ccncc1. The Kier molecular flexibility index (Phi) is 6.51. The predicted molar refractivity (Wildman–Crippen MR) is 111 cm³/mol. The number of aromatic nitrogens is 1. The first kappa shape index (κ1) is 19.7. The molecule has 7 nitrogen and oxygen atoms in total. The maximum atomic E-state index is 12.5. The maximum absolute atomic E-state index is 12.5. The van der Waals surface area contributed by atoms with Crippen LogP contribution in [0.4, 0.5) is 0 Å². The van der Waals surface area contributed by atoms with Crippen molar-refractivity contribution in [1.29, 1.82) is 0 Å². The van der Waals surface area contributed by atoms with Gasteiger partial charge in [-0.2, -0.15) is 0 Å². The molecule has 2 aromatic rings. The highest BCUT2D eigenvalue weighted by Gasteiger charge is 2.32. The highest BCUT2D eigenvalue weighted by Crippen LogP contribution is 2.32. The van der Waals surface area contributed by atoms with E-state index >= 15 is 0 Å². The van der Waals surface area contributed by atoms with E-state index in [2.05, 4.69) is 15.8 Å². The van der Waals surface area contributed by atoms with Crippen molar-refractivity contribution in [3.63, 3.8) is 0 Å². The van der Waals surface area contributed by atoms with E-state index in [9.17, 15) is 14.4 Å². The lowest BCUT2D eigenvalue weighted by Gasteiger charge is -2.14. The Balaban J connectivity index is 1.50. The third-order valence-corrected chi connectivity index (χ3v) is 5.17. The summed E-state index contributed by atoms with van der Waals surface area (Å²) in [5.41, 5.74) is 5.92. The summed E-state index contributed by atoms with van der Waals surface area (Å²) < 4.78 is 0.404. The van der Waals surface area contributed by atoms with E-state index in [1.54, 1.807) is 6.08 Å². The Morgan fingerprint density at radius 2 is 1.82 bits per heavy atom. The summed E-state index contributed by atoms with van der Waals surface area (Å²) in [6.07, 6.45) is 4.74. The van der Waals surface area contributed by atoms with Crippen molar-refractivity contribution < 1.29 is 14.4 Å². The fraction of sp³-hybridized carbons (Fsp3) is 0.105. The van der Waals surface area contributed by atoms with Crippen LogP contribution >= 0.6 is 24.0 Å². The molecular formula is C19H16N4O3S2. The summed E-state index contributed by atoms with van der Waals surface area (Å²) in [5, 5.41) is 0. The van der Waals surface area contributed by atoms with Crippen molar-refractivity contribution in [1.82, 2.24) is 20.7 Å². The molecule has 2 N–H and O–H groups in total. The molecule has 1 aliphatic rings. The van der Waals surface area contributed by atoms with Gasteiger partial charge in [-0.1, -0.05) is 54.3 Å². The van der Waals surface area contributed by atoms with E-state index in [0.717, 1.165) is 5.56 Å². The zero-order valence-electron chi connectivity index (χ0n) is 14.6. The number of carbonyl (C=O) groups is 3. The molecule has 0 unspecified atom stereocenters. The lowest BCUT2D eigenvalue weighted by Crippen LogP contribution is -2.43. The van der Waals surface area contributed by atoms with Crippen molar-refractivity contribution in [3.05, 3.63) is 70.9 Å². The first-order chi connectivity index (χ1) is 13.5. The van der Waals surface area contributed by atoms with Gasteiger partial charge in [0.25, 0.3) is 11.8 Å². The van der Waals surface area contributed by atoms with Crippen LogP contribution in [-0.2, 0) is 9.59 Å². The molecule has 0 atom stereocenters. The predicted octanol–water partition coefficient (Wildman–Crippen LogP) is 2.13. The van der Waals surface area contributed by atoms with Crippen molar-refractivity contribution in [3.8, 4) is 0 Å².